The number of rotatable bonds is 1. The molecule has 4 nitrogen and oxygen atoms in total. The second-order valence-electron chi connectivity index (χ2n) is 2.25. The number of nitrogens with one attached hydrogen (secondary N) is 1. The van der Waals surface area contributed by atoms with E-state index in [1.54, 1.807) is 0 Å². The number of hydrogen-bond donors (Lipinski definition) is 1. The maximum Gasteiger partial charge on any atom is 0.266 e. The van der Waals surface area contributed by atoms with E-state index in [0.717, 1.165) is 19.4 Å². The van der Waals surface area contributed by atoms with E-state index in [9.17, 15) is 10.1 Å². The van der Waals surface area contributed by atoms with Crippen LogP contribution >= 0.6 is 0 Å². The van der Waals surface area contributed by atoms with Crippen molar-refractivity contribution in [2.45, 2.75) is 25.4 Å². The van der Waals surface area contributed by atoms with E-state index in [0.29, 0.717) is 6.42 Å². The summed E-state index contributed by atoms with van der Waals surface area (Å²) < 4.78 is 0. The Hall–Kier alpha value is -0.640. The molecule has 0 radical (unpaired) electrons. The maximum atomic E-state index is 10.1. The molecule has 0 saturated carbocycles. The molecule has 1 unspecified atom stereocenters. The summed E-state index contributed by atoms with van der Waals surface area (Å²) in [6.07, 6.45) is 2.27. The molecule has 0 aromatic carbocycles. The molecule has 0 spiro atoms. The molecule has 4 heteroatoms. The van der Waals surface area contributed by atoms with Crippen LogP contribution in [0, 0.1) is 10.1 Å². The van der Waals surface area contributed by atoms with E-state index in [1.807, 2.05) is 0 Å². The van der Waals surface area contributed by atoms with E-state index in [2.05, 4.69) is 5.32 Å². The number of nitro groups is 1. The van der Waals surface area contributed by atoms with Crippen molar-refractivity contribution in [3.63, 3.8) is 0 Å². The van der Waals surface area contributed by atoms with Gasteiger partial charge in [0.25, 0.3) is 6.17 Å². The molecule has 9 heavy (non-hydrogen) atoms. The fourth-order valence-electron chi connectivity index (χ4n) is 1.01. The lowest BCUT2D eigenvalue weighted by molar-refractivity contribution is -0.532. The Balaban J connectivity index is 2.31. The van der Waals surface area contributed by atoms with Crippen molar-refractivity contribution in [2.24, 2.45) is 0 Å². The molecule has 1 rings (SSSR count). The average molecular weight is 130 g/mol. The summed E-state index contributed by atoms with van der Waals surface area (Å²) in [5, 5.41) is 12.9. The summed E-state index contributed by atoms with van der Waals surface area (Å²) in [4.78, 5) is 9.85. The van der Waals surface area contributed by atoms with Gasteiger partial charge in [-0.2, -0.15) is 0 Å². The van der Waals surface area contributed by atoms with Crippen LogP contribution in [0.25, 0.3) is 0 Å². The van der Waals surface area contributed by atoms with Gasteiger partial charge in [-0.15, -0.1) is 0 Å². The van der Waals surface area contributed by atoms with E-state index < -0.39 is 6.17 Å². The van der Waals surface area contributed by atoms with Crippen molar-refractivity contribution >= 4 is 0 Å². The van der Waals surface area contributed by atoms with Crippen LogP contribution in [0.1, 0.15) is 19.3 Å². The molecule has 1 fully saturated rings. The zero-order valence-corrected chi connectivity index (χ0v) is 5.17. The molecule has 0 amide bonds. The number of nitrogens with zero attached hydrogens (tertiary/aromatic N) is 1. The topological polar surface area (TPSA) is 55.2 Å². The van der Waals surface area contributed by atoms with Gasteiger partial charge in [-0.05, 0) is 12.8 Å². The monoisotopic (exact) mass is 130 g/mol. The highest BCUT2D eigenvalue weighted by atomic mass is 16.6. The fourth-order valence-corrected chi connectivity index (χ4v) is 1.01. The molecular formula is C5H10N2O2. The van der Waals surface area contributed by atoms with Gasteiger partial charge in [0.1, 0.15) is 0 Å². The zero-order valence-electron chi connectivity index (χ0n) is 5.17. The van der Waals surface area contributed by atoms with E-state index in [-0.39, 0.29) is 4.92 Å². The average Bonchev–Trinajstić information content (AvgIpc) is 1.90. The summed E-state index contributed by atoms with van der Waals surface area (Å²) in [6, 6.07) is 0. The minimum atomic E-state index is -0.473. The van der Waals surface area contributed by atoms with Crippen LogP contribution in [0.3, 0.4) is 0 Å². The van der Waals surface area contributed by atoms with Gasteiger partial charge in [0.05, 0.1) is 0 Å². The maximum absolute atomic E-state index is 10.1. The van der Waals surface area contributed by atoms with Crippen molar-refractivity contribution in [3.05, 3.63) is 10.1 Å². The summed E-state index contributed by atoms with van der Waals surface area (Å²) in [5.74, 6) is 0. The molecule has 1 saturated heterocycles. The van der Waals surface area contributed by atoms with Gasteiger partial charge in [0.2, 0.25) is 0 Å². The smallest absolute Gasteiger partial charge is 0.263 e. The molecule has 0 aromatic rings. The molecule has 1 N–H and O–H groups in total. The number of hydrogen-bond acceptors (Lipinski definition) is 3. The van der Waals surface area contributed by atoms with Crippen LogP contribution in [-0.2, 0) is 0 Å². The molecule has 0 bridgehead atoms. The van der Waals surface area contributed by atoms with Crippen LogP contribution in [0.5, 0.6) is 0 Å². The van der Waals surface area contributed by atoms with Gasteiger partial charge in [-0.25, -0.2) is 0 Å². The van der Waals surface area contributed by atoms with Gasteiger partial charge in [0, 0.05) is 17.9 Å². The predicted molar refractivity (Wildman–Crippen MR) is 32.6 cm³/mol. The highest BCUT2D eigenvalue weighted by Gasteiger charge is 2.20. The Labute approximate surface area is 53.4 Å². The normalized spacial score (nSPS) is 27.8. The van der Waals surface area contributed by atoms with Gasteiger partial charge >= 0.3 is 0 Å². The highest BCUT2D eigenvalue weighted by molar-refractivity contribution is 4.61. The summed E-state index contributed by atoms with van der Waals surface area (Å²) in [7, 11) is 0. The van der Waals surface area contributed by atoms with Crippen LogP contribution in [-0.4, -0.2) is 17.6 Å². The zero-order chi connectivity index (χ0) is 6.69. The first kappa shape index (κ1) is 6.48. The molecule has 1 aliphatic heterocycles. The standard InChI is InChI=1S/C5H10N2O2/c8-7(9)5-3-1-2-4-6-5/h5-6H,1-4H2. The van der Waals surface area contributed by atoms with Gasteiger partial charge in [0.15, 0.2) is 0 Å². The van der Waals surface area contributed by atoms with E-state index >= 15 is 0 Å². The lowest BCUT2D eigenvalue weighted by atomic mass is 10.1. The minimum absolute atomic E-state index is 0.251. The number of piperidine rings is 1. The Kier molecular flexibility index (Phi) is 2.00. The van der Waals surface area contributed by atoms with Crippen molar-refractivity contribution in [2.75, 3.05) is 6.54 Å². The minimum Gasteiger partial charge on any atom is -0.263 e. The lowest BCUT2D eigenvalue weighted by Gasteiger charge is -2.15. The molecule has 1 aliphatic rings. The van der Waals surface area contributed by atoms with Crippen LogP contribution in [0.2, 0.25) is 0 Å². The molecule has 0 aromatic heterocycles. The van der Waals surface area contributed by atoms with E-state index in [1.165, 1.54) is 0 Å². The molecular weight excluding hydrogens is 120 g/mol. The SMILES string of the molecule is O=[N+]([O-])C1CCCCN1. The quantitative estimate of drug-likeness (QED) is 0.412. The van der Waals surface area contributed by atoms with Crippen LogP contribution in [0.4, 0.5) is 0 Å². The largest absolute Gasteiger partial charge is 0.266 e. The van der Waals surface area contributed by atoms with E-state index in [4.69, 9.17) is 0 Å². The Bertz CT molecular complexity index is 110. The van der Waals surface area contributed by atoms with Gasteiger partial charge in [-0.1, -0.05) is 0 Å². The third kappa shape index (κ3) is 1.64. The Morgan fingerprint density at radius 2 is 2.33 bits per heavy atom. The molecule has 52 valence electrons. The van der Waals surface area contributed by atoms with Crippen molar-refractivity contribution in [1.82, 2.24) is 5.32 Å². The second-order valence-corrected chi connectivity index (χ2v) is 2.25. The first-order chi connectivity index (χ1) is 4.30. The molecule has 1 atom stereocenters. The predicted octanol–water partition coefficient (Wildman–Crippen LogP) is 0.363. The van der Waals surface area contributed by atoms with Crippen LogP contribution in [0.15, 0.2) is 0 Å². The molecule has 1 heterocycles. The van der Waals surface area contributed by atoms with Gasteiger partial charge < -0.3 is 0 Å². The van der Waals surface area contributed by atoms with Gasteiger partial charge in [-0.3, -0.25) is 15.4 Å². The summed E-state index contributed by atoms with van der Waals surface area (Å²) >= 11 is 0. The van der Waals surface area contributed by atoms with Crippen molar-refractivity contribution in [3.8, 4) is 0 Å². The van der Waals surface area contributed by atoms with Crippen molar-refractivity contribution < 1.29 is 4.92 Å². The first-order valence-corrected chi connectivity index (χ1v) is 3.17. The Morgan fingerprint density at radius 1 is 1.56 bits per heavy atom. The first-order valence-electron chi connectivity index (χ1n) is 3.17. The third-order valence-electron chi connectivity index (χ3n) is 1.54. The third-order valence-corrected chi connectivity index (χ3v) is 1.54. The van der Waals surface area contributed by atoms with Crippen LogP contribution < -0.4 is 5.32 Å². The second kappa shape index (κ2) is 2.77. The summed E-state index contributed by atoms with van der Waals surface area (Å²) in [6.45, 7) is 0.797. The summed E-state index contributed by atoms with van der Waals surface area (Å²) in [5.41, 5.74) is 0. The Morgan fingerprint density at radius 3 is 2.67 bits per heavy atom. The fraction of sp³-hybridized carbons (Fsp3) is 1.00. The lowest BCUT2D eigenvalue weighted by Crippen LogP contribution is -2.39. The highest BCUT2D eigenvalue weighted by Crippen LogP contribution is 2.06. The van der Waals surface area contributed by atoms with Crippen molar-refractivity contribution in [1.29, 1.82) is 0 Å². The molecule has 0 aliphatic carbocycles.